The molecule has 3 aromatic rings. The normalized spacial score (nSPS) is 20.7. The first-order valence-corrected chi connectivity index (χ1v) is 14.4. The Bertz CT molecular complexity index is 1080. The summed E-state index contributed by atoms with van der Waals surface area (Å²) in [6.45, 7) is 13.4. The minimum absolute atomic E-state index is 0.0882. The summed E-state index contributed by atoms with van der Waals surface area (Å²) in [6.07, 6.45) is 1.81. The maximum atomic E-state index is 7.18. The SMILES string of the molecule is C/C(=C/c1ccccc1)[C@@H]1OC(C)(C)O[C@@H]1CO[Si](c1ccccc1)(c1ccccc1)C(C)(C)C. The molecule has 0 saturated carbocycles. The average molecular weight is 487 g/mol. The van der Waals surface area contributed by atoms with Gasteiger partial charge in [0, 0.05) is 0 Å². The molecule has 3 nitrogen and oxygen atoms in total. The second kappa shape index (κ2) is 10.2. The molecular weight excluding hydrogens is 448 g/mol. The lowest BCUT2D eigenvalue weighted by atomic mass is 10.0. The Morgan fingerprint density at radius 1 is 0.829 bits per heavy atom. The first-order valence-electron chi connectivity index (χ1n) is 12.5. The van der Waals surface area contributed by atoms with Crippen LogP contribution in [0.3, 0.4) is 0 Å². The topological polar surface area (TPSA) is 27.7 Å². The van der Waals surface area contributed by atoms with Crippen molar-refractivity contribution in [1.29, 1.82) is 0 Å². The minimum Gasteiger partial charge on any atom is -0.405 e. The molecule has 1 heterocycles. The van der Waals surface area contributed by atoms with Gasteiger partial charge in [-0.05, 0) is 47.3 Å². The molecule has 35 heavy (non-hydrogen) atoms. The zero-order valence-electron chi connectivity index (χ0n) is 21.8. The second-order valence-electron chi connectivity index (χ2n) is 10.9. The summed E-state index contributed by atoms with van der Waals surface area (Å²) in [7, 11) is -2.66. The van der Waals surface area contributed by atoms with E-state index in [1.54, 1.807) is 0 Å². The average Bonchev–Trinajstić information content (AvgIpc) is 3.15. The van der Waals surface area contributed by atoms with Gasteiger partial charge in [0.15, 0.2) is 5.79 Å². The van der Waals surface area contributed by atoms with Crippen molar-refractivity contribution in [2.24, 2.45) is 0 Å². The highest BCUT2D eigenvalue weighted by Crippen LogP contribution is 2.39. The van der Waals surface area contributed by atoms with Gasteiger partial charge < -0.3 is 13.9 Å². The van der Waals surface area contributed by atoms with Gasteiger partial charge in [-0.15, -0.1) is 0 Å². The summed E-state index contributed by atoms with van der Waals surface area (Å²) in [4.78, 5) is 0. The number of hydrogen-bond donors (Lipinski definition) is 0. The van der Waals surface area contributed by atoms with Gasteiger partial charge in [-0.2, -0.15) is 0 Å². The van der Waals surface area contributed by atoms with Crippen LogP contribution in [0.25, 0.3) is 6.08 Å². The first-order chi connectivity index (χ1) is 16.6. The van der Waals surface area contributed by atoms with Crippen LogP contribution in [0.5, 0.6) is 0 Å². The van der Waals surface area contributed by atoms with E-state index >= 15 is 0 Å². The molecule has 0 bridgehead atoms. The Hall–Kier alpha value is -2.50. The molecule has 184 valence electrons. The summed E-state index contributed by atoms with van der Waals surface area (Å²) in [6, 6.07) is 31.8. The molecule has 0 radical (unpaired) electrons. The van der Waals surface area contributed by atoms with Crippen LogP contribution in [0.2, 0.25) is 5.04 Å². The molecule has 0 amide bonds. The molecule has 0 unspecified atom stereocenters. The molecule has 0 spiro atoms. The van der Waals surface area contributed by atoms with E-state index in [9.17, 15) is 0 Å². The van der Waals surface area contributed by atoms with Gasteiger partial charge in [0.2, 0.25) is 0 Å². The Balaban J connectivity index is 1.70. The lowest BCUT2D eigenvalue weighted by Crippen LogP contribution is -2.67. The van der Waals surface area contributed by atoms with E-state index < -0.39 is 14.1 Å². The molecular formula is C31H38O3Si. The molecule has 0 aromatic heterocycles. The summed E-state index contributed by atoms with van der Waals surface area (Å²) in [5, 5.41) is 2.45. The lowest BCUT2D eigenvalue weighted by Gasteiger charge is -2.43. The first kappa shape index (κ1) is 25.6. The number of benzene rings is 3. The molecule has 0 N–H and O–H groups in total. The molecule has 4 heteroatoms. The van der Waals surface area contributed by atoms with E-state index in [0.29, 0.717) is 6.61 Å². The maximum absolute atomic E-state index is 7.18. The predicted octanol–water partition coefficient (Wildman–Crippen LogP) is 6.19. The van der Waals surface area contributed by atoms with Crippen molar-refractivity contribution in [3.8, 4) is 0 Å². The Morgan fingerprint density at radius 3 is 1.80 bits per heavy atom. The van der Waals surface area contributed by atoms with E-state index in [-0.39, 0.29) is 17.2 Å². The van der Waals surface area contributed by atoms with Crippen LogP contribution in [0.4, 0.5) is 0 Å². The van der Waals surface area contributed by atoms with Crippen molar-refractivity contribution < 1.29 is 13.9 Å². The van der Waals surface area contributed by atoms with Crippen molar-refractivity contribution in [1.82, 2.24) is 0 Å². The monoisotopic (exact) mass is 486 g/mol. The van der Waals surface area contributed by atoms with Gasteiger partial charge in [0.1, 0.15) is 12.2 Å². The molecule has 1 aliphatic heterocycles. The maximum Gasteiger partial charge on any atom is 0.261 e. The third-order valence-corrected chi connectivity index (χ3v) is 11.7. The Morgan fingerprint density at radius 2 is 1.31 bits per heavy atom. The molecule has 0 aliphatic carbocycles. The van der Waals surface area contributed by atoms with E-state index in [2.05, 4.69) is 119 Å². The van der Waals surface area contributed by atoms with Gasteiger partial charge in [-0.1, -0.05) is 118 Å². The fourth-order valence-electron chi connectivity index (χ4n) is 5.21. The highest BCUT2D eigenvalue weighted by atomic mass is 28.4. The van der Waals surface area contributed by atoms with Crippen LogP contribution in [-0.4, -0.2) is 32.9 Å². The molecule has 2 atom stereocenters. The van der Waals surface area contributed by atoms with Crippen LogP contribution in [0.15, 0.2) is 96.6 Å². The van der Waals surface area contributed by atoms with Crippen molar-refractivity contribution in [3.05, 3.63) is 102 Å². The Labute approximate surface area is 211 Å². The van der Waals surface area contributed by atoms with Crippen LogP contribution in [0, 0.1) is 0 Å². The standard InChI is InChI=1S/C31H38O3Si/c1-24(22-25-16-10-7-11-17-25)29-28(33-31(5,6)34-29)23-32-35(30(2,3)4,26-18-12-8-13-19-26)27-20-14-9-15-21-27/h7-22,28-29H,23H2,1-6H3/b24-22-/t28-,29+/m1/s1. The van der Waals surface area contributed by atoms with E-state index in [1.807, 2.05) is 19.9 Å². The fraction of sp³-hybridized carbons (Fsp3) is 0.355. The van der Waals surface area contributed by atoms with E-state index in [0.717, 1.165) is 11.1 Å². The smallest absolute Gasteiger partial charge is 0.261 e. The van der Waals surface area contributed by atoms with Gasteiger partial charge in [0.05, 0.1) is 6.61 Å². The highest BCUT2D eigenvalue weighted by Gasteiger charge is 2.52. The van der Waals surface area contributed by atoms with Crippen molar-refractivity contribution >= 4 is 24.8 Å². The molecule has 1 fully saturated rings. The summed E-state index contributed by atoms with van der Waals surface area (Å²) >= 11 is 0. The highest BCUT2D eigenvalue weighted by molar-refractivity contribution is 6.99. The number of rotatable bonds is 7. The Kier molecular flexibility index (Phi) is 7.48. The zero-order chi connectivity index (χ0) is 25.1. The quantitative estimate of drug-likeness (QED) is 0.373. The molecule has 4 rings (SSSR count). The third-order valence-electron chi connectivity index (χ3n) is 6.71. The van der Waals surface area contributed by atoms with Gasteiger partial charge in [-0.3, -0.25) is 0 Å². The van der Waals surface area contributed by atoms with Crippen molar-refractivity contribution in [2.75, 3.05) is 6.61 Å². The van der Waals surface area contributed by atoms with Crippen LogP contribution in [-0.2, 0) is 13.9 Å². The number of hydrogen-bond acceptors (Lipinski definition) is 3. The fourth-order valence-corrected chi connectivity index (χ4v) is 9.78. The van der Waals surface area contributed by atoms with Crippen LogP contribution < -0.4 is 10.4 Å². The van der Waals surface area contributed by atoms with E-state index in [4.69, 9.17) is 13.9 Å². The largest absolute Gasteiger partial charge is 0.405 e. The predicted molar refractivity (Wildman–Crippen MR) is 147 cm³/mol. The molecule has 3 aromatic carbocycles. The zero-order valence-corrected chi connectivity index (χ0v) is 22.8. The van der Waals surface area contributed by atoms with Gasteiger partial charge >= 0.3 is 0 Å². The lowest BCUT2D eigenvalue weighted by molar-refractivity contribution is -0.146. The van der Waals surface area contributed by atoms with Gasteiger partial charge in [0.25, 0.3) is 8.32 Å². The third kappa shape index (κ3) is 5.51. The number of ether oxygens (including phenoxy) is 2. The summed E-state index contributed by atoms with van der Waals surface area (Å²) < 4.78 is 20.0. The van der Waals surface area contributed by atoms with Crippen LogP contribution >= 0.6 is 0 Å². The summed E-state index contributed by atoms with van der Waals surface area (Å²) in [5.41, 5.74) is 2.29. The van der Waals surface area contributed by atoms with E-state index in [1.165, 1.54) is 10.4 Å². The van der Waals surface area contributed by atoms with Crippen molar-refractivity contribution in [2.45, 2.75) is 64.6 Å². The van der Waals surface area contributed by atoms with Crippen molar-refractivity contribution in [3.63, 3.8) is 0 Å². The minimum atomic E-state index is -2.66. The van der Waals surface area contributed by atoms with Crippen LogP contribution in [0.1, 0.15) is 47.1 Å². The molecule has 1 saturated heterocycles. The molecule has 1 aliphatic rings. The summed E-state index contributed by atoms with van der Waals surface area (Å²) in [5.74, 6) is -0.671. The van der Waals surface area contributed by atoms with Gasteiger partial charge in [-0.25, -0.2) is 0 Å². The second-order valence-corrected chi connectivity index (χ2v) is 15.2.